The van der Waals surface area contributed by atoms with Crippen LogP contribution in [0.1, 0.15) is 56.7 Å². The maximum Gasteiger partial charge on any atom is 0.0758 e. The number of nitrogens with one attached hydrogen (secondary N) is 1. The van der Waals surface area contributed by atoms with Gasteiger partial charge in [-0.2, -0.15) is 0 Å². The summed E-state index contributed by atoms with van der Waals surface area (Å²) < 4.78 is 6.20. The van der Waals surface area contributed by atoms with Crippen LogP contribution >= 0.6 is 0 Å². The first-order valence-corrected chi connectivity index (χ1v) is 7.90. The molecule has 1 aromatic heterocycles. The van der Waals surface area contributed by atoms with Crippen LogP contribution in [-0.4, -0.2) is 29.2 Å². The smallest absolute Gasteiger partial charge is 0.0758 e. The molecule has 3 rings (SSSR count). The van der Waals surface area contributed by atoms with E-state index in [4.69, 9.17) is 4.74 Å². The third kappa shape index (κ3) is 2.86. The molecule has 2 unspecified atom stereocenters. The van der Waals surface area contributed by atoms with E-state index in [0.29, 0.717) is 12.0 Å². The van der Waals surface area contributed by atoms with Gasteiger partial charge >= 0.3 is 0 Å². The van der Waals surface area contributed by atoms with Gasteiger partial charge in [0.1, 0.15) is 0 Å². The van der Waals surface area contributed by atoms with Gasteiger partial charge < -0.3 is 10.1 Å². The zero-order chi connectivity index (χ0) is 13.8. The lowest BCUT2D eigenvalue weighted by atomic mass is 9.73. The minimum atomic E-state index is 0.151. The molecule has 0 aromatic carbocycles. The summed E-state index contributed by atoms with van der Waals surface area (Å²) in [5.41, 5.74) is 1.21. The molecule has 0 radical (unpaired) electrons. The molecule has 4 nitrogen and oxygen atoms in total. The molecule has 0 amide bonds. The summed E-state index contributed by atoms with van der Waals surface area (Å²) in [6.07, 6.45) is 14.2. The Balaban J connectivity index is 1.75. The highest BCUT2D eigenvalue weighted by molar-refractivity contribution is 5.06. The maximum absolute atomic E-state index is 6.20. The van der Waals surface area contributed by atoms with E-state index in [0.717, 1.165) is 25.1 Å². The predicted octanol–water partition coefficient (Wildman–Crippen LogP) is 2.87. The fourth-order valence-electron chi connectivity index (χ4n) is 3.99. The first-order valence-electron chi connectivity index (χ1n) is 7.90. The molecule has 1 spiro atoms. The largest absolute Gasteiger partial charge is 0.375 e. The van der Waals surface area contributed by atoms with E-state index in [-0.39, 0.29) is 5.60 Å². The van der Waals surface area contributed by atoms with Gasteiger partial charge in [0.25, 0.3) is 0 Å². The molecular formula is C16H25N3O. The second kappa shape index (κ2) is 6.19. The standard InChI is InChI=1S/C16H25N3O/c1-17-15(14-12-18-8-9-19-14)13-5-10-20-16(11-13)6-3-2-4-7-16/h8-9,12-13,15,17H,2-7,10-11H2,1H3. The Labute approximate surface area is 121 Å². The van der Waals surface area contributed by atoms with Crippen molar-refractivity contribution >= 4 is 0 Å². The molecule has 1 saturated heterocycles. The number of nitrogens with zero attached hydrogens (tertiary/aromatic N) is 2. The van der Waals surface area contributed by atoms with Crippen molar-refractivity contribution in [1.82, 2.24) is 15.3 Å². The van der Waals surface area contributed by atoms with Crippen LogP contribution in [0.4, 0.5) is 0 Å². The molecule has 1 aliphatic carbocycles. The lowest BCUT2D eigenvalue weighted by Gasteiger charge is -2.45. The van der Waals surface area contributed by atoms with Crippen LogP contribution in [0, 0.1) is 5.92 Å². The second-order valence-corrected chi connectivity index (χ2v) is 6.24. The van der Waals surface area contributed by atoms with Crippen LogP contribution in [0.25, 0.3) is 0 Å². The highest BCUT2D eigenvalue weighted by Gasteiger charge is 2.41. The fourth-order valence-corrected chi connectivity index (χ4v) is 3.99. The van der Waals surface area contributed by atoms with E-state index < -0.39 is 0 Å². The average molecular weight is 275 g/mol. The molecule has 1 aromatic rings. The molecular weight excluding hydrogens is 250 g/mol. The fraction of sp³-hybridized carbons (Fsp3) is 0.750. The summed E-state index contributed by atoms with van der Waals surface area (Å²) in [4.78, 5) is 8.71. The van der Waals surface area contributed by atoms with Crippen LogP contribution in [0.15, 0.2) is 18.6 Å². The Morgan fingerprint density at radius 1 is 1.30 bits per heavy atom. The number of rotatable bonds is 3. The molecule has 2 fully saturated rings. The van der Waals surface area contributed by atoms with Gasteiger partial charge in [0.15, 0.2) is 0 Å². The van der Waals surface area contributed by atoms with E-state index in [9.17, 15) is 0 Å². The van der Waals surface area contributed by atoms with E-state index in [1.54, 1.807) is 12.4 Å². The van der Waals surface area contributed by atoms with E-state index in [2.05, 4.69) is 15.3 Å². The highest BCUT2D eigenvalue weighted by atomic mass is 16.5. The van der Waals surface area contributed by atoms with Crippen molar-refractivity contribution in [1.29, 1.82) is 0 Å². The van der Waals surface area contributed by atoms with Gasteiger partial charge in [-0.25, -0.2) is 0 Å². The Morgan fingerprint density at radius 3 is 2.85 bits per heavy atom. The first-order chi connectivity index (χ1) is 9.83. The summed E-state index contributed by atoms with van der Waals surface area (Å²) in [5.74, 6) is 0.601. The second-order valence-electron chi connectivity index (χ2n) is 6.24. The third-order valence-corrected chi connectivity index (χ3v) is 4.98. The van der Waals surface area contributed by atoms with Crippen molar-refractivity contribution in [2.45, 2.75) is 56.6 Å². The molecule has 0 bridgehead atoms. The predicted molar refractivity (Wildman–Crippen MR) is 78.3 cm³/mol. The number of ether oxygens (including phenoxy) is 1. The summed E-state index contributed by atoms with van der Waals surface area (Å²) in [6.45, 7) is 0.892. The van der Waals surface area contributed by atoms with Gasteiger partial charge in [0, 0.05) is 25.2 Å². The number of hydrogen-bond donors (Lipinski definition) is 1. The summed E-state index contributed by atoms with van der Waals surface area (Å²) in [7, 11) is 2.03. The first kappa shape index (κ1) is 14.0. The summed E-state index contributed by atoms with van der Waals surface area (Å²) in [6, 6.07) is 0.298. The molecule has 1 N–H and O–H groups in total. The molecule has 2 aliphatic rings. The Hall–Kier alpha value is -1.00. The van der Waals surface area contributed by atoms with Crippen LogP contribution in [-0.2, 0) is 4.74 Å². The van der Waals surface area contributed by atoms with Gasteiger partial charge in [-0.1, -0.05) is 19.3 Å². The Bertz CT molecular complexity index is 411. The molecule has 110 valence electrons. The quantitative estimate of drug-likeness (QED) is 0.921. The Kier molecular flexibility index (Phi) is 4.32. The lowest BCUT2D eigenvalue weighted by molar-refractivity contribution is -0.122. The minimum Gasteiger partial charge on any atom is -0.375 e. The summed E-state index contributed by atoms with van der Waals surface area (Å²) in [5, 5.41) is 3.45. The third-order valence-electron chi connectivity index (χ3n) is 4.98. The topological polar surface area (TPSA) is 47.0 Å². The molecule has 1 saturated carbocycles. The van der Waals surface area contributed by atoms with Gasteiger partial charge in [-0.3, -0.25) is 9.97 Å². The molecule has 20 heavy (non-hydrogen) atoms. The SMILES string of the molecule is CNC(c1cnccn1)C1CCOC2(CCCCC2)C1. The van der Waals surface area contributed by atoms with Crippen molar-refractivity contribution in [2.24, 2.45) is 5.92 Å². The van der Waals surface area contributed by atoms with Crippen LogP contribution < -0.4 is 5.32 Å². The molecule has 1 aliphatic heterocycles. The van der Waals surface area contributed by atoms with Crippen molar-refractivity contribution in [2.75, 3.05) is 13.7 Å². The molecule has 2 heterocycles. The summed E-state index contributed by atoms with van der Waals surface area (Å²) >= 11 is 0. The Morgan fingerprint density at radius 2 is 2.15 bits per heavy atom. The van der Waals surface area contributed by atoms with Gasteiger partial charge in [-0.05, 0) is 38.6 Å². The molecule has 2 atom stereocenters. The lowest BCUT2D eigenvalue weighted by Crippen LogP contribution is -2.44. The van der Waals surface area contributed by atoms with Gasteiger partial charge in [0.05, 0.1) is 17.3 Å². The highest BCUT2D eigenvalue weighted by Crippen LogP contribution is 2.43. The zero-order valence-corrected chi connectivity index (χ0v) is 12.3. The van der Waals surface area contributed by atoms with E-state index in [1.807, 2.05) is 13.2 Å². The van der Waals surface area contributed by atoms with Crippen LogP contribution in [0.2, 0.25) is 0 Å². The normalized spacial score (nSPS) is 27.4. The van der Waals surface area contributed by atoms with Crippen molar-refractivity contribution in [3.05, 3.63) is 24.3 Å². The van der Waals surface area contributed by atoms with Gasteiger partial charge in [0.2, 0.25) is 0 Å². The van der Waals surface area contributed by atoms with Crippen molar-refractivity contribution < 1.29 is 4.74 Å². The van der Waals surface area contributed by atoms with E-state index >= 15 is 0 Å². The average Bonchev–Trinajstić information content (AvgIpc) is 2.50. The van der Waals surface area contributed by atoms with E-state index in [1.165, 1.54) is 32.1 Å². The number of hydrogen-bond acceptors (Lipinski definition) is 4. The van der Waals surface area contributed by atoms with Crippen molar-refractivity contribution in [3.8, 4) is 0 Å². The van der Waals surface area contributed by atoms with Gasteiger partial charge in [-0.15, -0.1) is 0 Å². The number of aromatic nitrogens is 2. The van der Waals surface area contributed by atoms with Crippen LogP contribution in [0.3, 0.4) is 0 Å². The van der Waals surface area contributed by atoms with Crippen LogP contribution in [0.5, 0.6) is 0 Å². The maximum atomic E-state index is 6.20. The zero-order valence-electron chi connectivity index (χ0n) is 12.3. The monoisotopic (exact) mass is 275 g/mol. The molecule has 4 heteroatoms. The minimum absolute atomic E-state index is 0.151. The van der Waals surface area contributed by atoms with Crippen molar-refractivity contribution in [3.63, 3.8) is 0 Å².